The van der Waals surface area contributed by atoms with Crippen molar-refractivity contribution in [1.82, 2.24) is 14.9 Å². The number of rotatable bonds is 3. The first-order valence-corrected chi connectivity index (χ1v) is 3.94. The predicted octanol–water partition coefficient (Wildman–Crippen LogP) is -0.288. The van der Waals surface area contributed by atoms with Gasteiger partial charge in [-0.15, -0.1) is 6.42 Å². The van der Waals surface area contributed by atoms with Gasteiger partial charge in [-0.05, 0) is 5.92 Å². The highest BCUT2D eigenvalue weighted by atomic mass is 16.1. The molecule has 0 fully saturated rings. The van der Waals surface area contributed by atoms with Gasteiger partial charge in [-0.25, -0.2) is 4.98 Å². The lowest BCUT2D eigenvalue weighted by molar-refractivity contribution is -0.115. The second-order valence-electron chi connectivity index (χ2n) is 2.60. The lowest BCUT2D eigenvalue weighted by Gasteiger charge is -2.01. The number of nitrogens with one attached hydrogen (secondary N) is 1. The van der Waals surface area contributed by atoms with Gasteiger partial charge in [0.2, 0.25) is 0 Å². The molecule has 0 bridgehead atoms. The summed E-state index contributed by atoms with van der Waals surface area (Å²) in [4.78, 5) is 14.7. The highest BCUT2D eigenvalue weighted by Crippen LogP contribution is 1.93. The first-order chi connectivity index (χ1) is 6.24. The predicted molar refractivity (Wildman–Crippen MR) is 48.8 cm³/mol. The Morgan fingerprint density at radius 2 is 2.62 bits per heavy atom. The van der Waals surface area contributed by atoms with Gasteiger partial charge in [0, 0.05) is 32.4 Å². The molecule has 4 heteroatoms. The maximum atomic E-state index is 10.7. The Bertz CT molecular complexity index is 335. The van der Waals surface area contributed by atoms with Crippen molar-refractivity contribution in [3.8, 4) is 12.3 Å². The van der Waals surface area contributed by atoms with Crippen LogP contribution in [0.1, 0.15) is 5.82 Å². The fourth-order valence-corrected chi connectivity index (χ4v) is 0.976. The van der Waals surface area contributed by atoms with Crippen LogP contribution < -0.4 is 5.32 Å². The average molecular weight is 177 g/mol. The minimum absolute atomic E-state index is 0.380. The second kappa shape index (κ2) is 4.31. The van der Waals surface area contributed by atoms with Crippen LogP contribution in [0.5, 0.6) is 0 Å². The first-order valence-electron chi connectivity index (χ1n) is 3.94. The molecule has 0 aromatic carbocycles. The molecule has 0 aliphatic rings. The SMILES string of the molecule is C#CC(=O)NCCc1nccn1C. The molecule has 0 aliphatic carbocycles. The van der Waals surface area contributed by atoms with Gasteiger partial charge in [0.25, 0.3) is 5.91 Å². The Kier molecular flexibility index (Phi) is 3.09. The molecular formula is C9H11N3O. The number of aryl methyl sites for hydroxylation is 1. The number of amides is 1. The molecule has 1 aromatic rings. The first kappa shape index (κ1) is 9.33. The van der Waals surface area contributed by atoms with Gasteiger partial charge < -0.3 is 9.88 Å². The van der Waals surface area contributed by atoms with Crippen LogP contribution in [0.2, 0.25) is 0 Å². The molecule has 1 amide bonds. The quantitative estimate of drug-likeness (QED) is 0.645. The number of carbonyl (C=O) groups excluding carboxylic acids is 1. The molecule has 0 aliphatic heterocycles. The van der Waals surface area contributed by atoms with E-state index in [4.69, 9.17) is 6.42 Å². The Balaban J connectivity index is 2.33. The van der Waals surface area contributed by atoms with E-state index < -0.39 is 0 Å². The topological polar surface area (TPSA) is 46.9 Å². The summed E-state index contributed by atoms with van der Waals surface area (Å²) < 4.78 is 1.90. The van der Waals surface area contributed by atoms with Crippen molar-refractivity contribution in [2.45, 2.75) is 6.42 Å². The molecule has 13 heavy (non-hydrogen) atoms. The van der Waals surface area contributed by atoms with Gasteiger partial charge in [0.15, 0.2) is 0 Å². The van der Waals surface area contributed by atoms with E-state index in [1.807, 2.05) is 23.7 Å². The lowest BCUT2D eigenvalue weighted by atomic mass is 10.4. The second-order valence-corrected chi connectivity index (χ2v) is 2.60. The van der Waals surface area contributed by atoms with Crippen molar-refractivity contribution in [2.24, 2.45) is 7.05 Å². The summed E-state index contributed by atoms with van der Waals surface area (Å²) in [5, 5.41) is 2.57. The number of aromatic nitrogens is 2. The van der Waals surface area contributed by atoms with Crippen molar-refractivity contribution >= 4 is 5.91 Å². The van der Waals surface area contributed by atoms with Gasteiger partial charge in [-0.1, -0.05) is 0 Å². The third kappa shape index (κ3) is 2.64. The third-order valence-corrected chi connectivity index (χ3v) is 1.69. The zero-order valence-electron chi connectivity index (χ0n) is 7.45. The standard InChI is InChI=1S/C9H11N3O/c1-3-9(13)11-5-4-8-10-6-7-12(8)2/h1,6-7H,4-5H2,2H3,(H,11,13). The molecule has 1 rings (SSSR count). The molecule has 1 aromatic heterocycles. The summed E-state index contributed by atoms with van der Waals surface area (Å²) in [5.74, 6) is 2.53. The van der Waals surface area contributed by atoms with Gasteiger partial charge in [-0.2, -0.15) is 0 Å². The van der Waals surface area contributed by atoms with Crippen molar-refractivity contribution in [2.75, 3.05) is 6.54 Å². The van der Waals surface area contributed by atoms with Crippen LogP contribution in [0.15, 0.2) is 12.4 Å². The highest BCUT2D eigenvalue weighted by molar-refractivity contribution is 5.92. The van der Waals surface area contributed by atoms with Crippen molar-refractivity contribution in [1.29, 1.82) is 0 Å². The summed E-state index contributed by atoms with van der Waals surface area (Å²) in [7, 11) is 1.91. The minimum atomic E-state index is -0.380. The maximum Gasteiger partial charge on any atom is 0.295 e. The van der Waals surface area contributed by atoms with Crippen LogP contribution in [-0.2, 0) is 18.3 Å². The van der Waals surface area contributed by atoms with E-state index in [1.165, 1.54) is 0 Å². The Hall–Kier alpha value is -1.76. The molecule has 0 unspecified atom stereocenters. The molecule has 0 atom stereocenters. The molecule has 0 saturated carbocycles. The smallest absolute Gasteiger partial charge is 0.295 e. The van der Waals surface area contributed by atoms with Crippen molar-refractivity contribution in [3.63, 3.8) is 0 Å². The number of hydrogen-bond acceptors (Lipinski definition) is 2. The zero-order chi connectivity index (χ0) is 9.68. The normalized spacial score (nSPS) is 9.23. The Morgan fingerprint density at radius 3 is 3.15 bits per heavy atom. The zero-order valence-corrected chi connectivity index (χ0v) is 7.45. The fraction of sp³-hybridized carbons (Fsp3) is 0.333. The van der Waals surface area contributed by atoms with Crippen LogP contribution in [0.4, 0.5) is 0 Å². The van der Waals surface area contributed by atoms with Gasteiger partial charge >= 0.3 is 0 Å². The van der Waals surface area contributed by atoms with E-state index in [9.17, 15) is 4.79 Å². The van der Waals surface area contributed by atoms with Gasteiger partial charge in [0.1, 0.15) is 5.82 Å². The summed E-state index contributed by atoms with van der Waals surface area (Å²) >= 11 is 0. The monoisotopic (exact) mass is 177 g/mol. The van der Waals surface area contributed by atoms with Crippen molar-refractivity contribution in [3.05, 3.63) is 18.2 Å². The van der Waals surface area contributed by atoms with Crippen molar-refractivity contribution < 1.29 is 4.79 Å². The van der Waals surface area contributed by atoms with E-state index in [1.54, 1.807) is 6.20 Å². The summed E-state index contributed by atoms with van der Waals surface area (Å²) in [5.41, 5.74) is 0. The molecule has 1 heterocycles. The lowest BCUT2D eigenvalue weighted by Crippen LogP contribution is -2.24. The molecule has 0 spiro atoms. The minimum Gasteiger partial charge on any atom is -0.345 e. The highest BCUT2D eigenvalue weighted by Gasteiger charge is 1.99. The van der Waals surface area contributed by atoms with E-state index in [0.717, 1.165) is 5.82 Å². The largest absolute Gasteiger partial charge is 0.345 e. The molecule has 0 saturated heterocycles. The average Bonchev–Trinajstić information content (AvgIpc) is 2.52. The molecule has 0 radical (unpaired) electrons. The van der Waals surface area contributed by atoms with Crippen LogP contribution in [0.3, 0.4) is 0 Å². The van der Waals surface area contributed by atoms with E-state index in [2.05, 4.69) is 10.3 Å². The molecule has 4 nitrogen and oxygen atoms in total. The molecule has 68 valence electrons. The summed E-state index contributed by atoms with van der Waals surface area (Å²) in [6, 6.07) is 0. The van der Waals surface area contributed by atoms with E-state index in [0.29, 0.717) is 13.0 Å². The van der Waals surface area contributed by atoms with Gasteiger partial charge in [-0.3, -0.25) is 4.79 Å². The number of hydrogen-bond donors (Lipinski definition) is 1. The Labute approximate surface area is 77.0 Å². The van der Waals surface area contributed by atoms with Crippen LogP contribution >= 0.6 is 0 Å². The number of carbonyl (C=O) groups is 1. The third-order valence-electron chi connectivity index (χ3n) is 1.69. The van der Waals surface area contributed by atoms with Crippen LogP contribution in [0, 0.1) is 12.3 Å². The molecule has 1 N–H and O–H groups in total. The number of terminal acetylenes is 1. The fourth-order valence-electron chi connectivity index (χ4n) is 0.976. The Morgan fingerprint density at radius 1 is 1.85 bits per heavy atom. The molecular weight excluding hydrogens is 166 g/mol. The summed E-state index contributed by atoms with van der Waals surface area (Å²) in [6.07, 6.45) is 9.15. The summed E-state index contributed by atoms with van der Waals surface area (Å²) in [6.45, 7) is 0.522. The van der Waals surface area contributed by atoms with E-state index in [-0.39, 0.29) is 5.91 Å². The van der Waals surface area contributed by atoms with Crippen LogP contribution in [-0.4, -0.2) is 22.0 Å². The number of imidazole rings is 1. The van der Waals surface area contributed by atoms with Crippen LogP contribution in [0.25, 0.3) is 0 Å². The number of nitrogens with zero attached hydrogens (tertiary/aromatic N) is 2. The maximum absolute atomic E-state index is 10.7. The van der Waals surface area contributed by atoms with E-state index >= 15 is 0 Å². The van der Waals surface area contributed by atoms with Gasteiger partial charge in [0.05, 0.1) is 0 Å².